The van der Waals surface area contributed by atoms with Crippen LogP contribution in [0.5, 0.6) is 5.75 Å². The van der Waals surface area contributed by atoms with Gasteiger partial charge in [-0.25, -0.2) is 18.4 Å². The number of hydrogen-bond acceptors (Lipinski definition) is 8. The lowest BCUT2D eigenvalue weighted by Crippen LogP contribution is -2.29. The number of rotatable bonds is 8. The van der Waals surface area contributed by atoms with Crippen molar-refractivity contribution in [2.45, 2.75) is 43.2 Å². The first-order chi connectivity index (χ1) is 16.5. The minimum Gasteiger partial charge on any atom is -0.435 e. The van der Waals surface area contributed by atoms with Gasteiger partial charge in [0.15, 0.2) is 27.3 Å². The molecule has 4 rings (SSSR count). The van der Waals surface area contributed by atoms with Crippen molar-refractivity contribution in [2.75, 3.05) is 6.26 Å². The molecule has 13 heteroatoms. The van der Waals surface area contributed by atoms with E-state index in [0.717, 1.165) is 37.3 Å². The second kappa shape index (κ2) is 9.38. The summed E-state index contributed by atoms with van der Waals surface area (Å²) in [4.78, 5) is 21.4. The van der Waals surface area contributed by atoms with Crippen molar-refractivity contribution < 1.29 is 26.7 Å². The number of alkyl halides is 2. The van der Waals surface area contributed by atoms with Gasteiger partial charge in [-0.05, 0) is 50.1 Å². The Bertz CT molecular complexity index is 1410. The zero-order chi connectivity index (χ0) is 25.3. The number of carbonyl (C=O) groups excluding carboxylic acids is 1. The lowest BCUT2D eigenvalue weighted by atomic mass is 10.2. The van der Waals surface area contributed by atoms with Crippen molar-refractivity contribution in [2.24, 2.45) is 0 Å². The largest absolute Gasteiger partial charge is 0.435 e. The fourth-order valence-electron chi connectivity index (χ4n) is 3.31. The predicted octanol–water partition coefficient (Wildman–Crippen LogP) is 2.91. The SMILES string of the molecule is C[C@H](NC(=O)c1cc(OC(F)F)cc(S(C)(=O)=O)c1)c1nc(C2CC2)nn1-c1ccc(C#N)cn1. The molecule has 0 spiro atoms. The summed E-state index contributed by atoms with van der Waals surface area (Å²) < 4.78 is 55.2. The van der Waals surface area contributed by atoms with Crippen LogP contribution in [0.2, 0.25) is 0 Å². The molecule has 1 fully saturated rings. The number of nitrogens with one attached hydrogen (secondary N) is 1. The predicted molar refractivity (Wildman–Crippen MR) is 118 cm³/mol. The maximum atomic E-state index is 13.0. The second-order valence-corrected chi connectivity index (χ2v) is 10.1. The van der Waals surface area contributed by atoms with Gasteiger partial charge in [-0.3, -0.25) is 4.79 Å². The molecule has 1 aliphatic carbocycles. The molecule has 1 atom stereocenters. The van der Waals surface area contributed by atoms with Gasteiger partial charge in [0.1, 0.15) is 11.8 Å². The Labute approximate surface area is 199 Å². The molecule has 0 saturated heterocycles. The first-order valence-corrected chi connectivity index (χ1v) is 12.4. The lowest BCUT2D eigenvalue weighted by Gasteiger charge is -2.15. The summed E-state index contributed by atoms with van der Waals surface area (Å²) in [5.74, 6) is 0.377. The Balaban J connectivity index is 1.65. The molecule has 1 aromatic carbocycles. The monoisotopic (exact) mass is 502 g/mol. The van der Waals surface area contributed by atoms with Gasteiger partial charge in [0.25, 0.3) is 5.91 Å². The molecule has 3 aromatic rings. The lowest BCUT2D eigenvalue weighted by molar-refractivity contribution is -0.0500. The van der Waals surface area contributed by atoms with E-state index in [2.05, 4.69) is 25.1 Å². The number of benzene rings is 1. The maximum absolute atomic E-state index is 13.0. The van der Waals surface area contributed by atoms with E-state index >= 15 is 0 Å². The van der Waals surface area contributed by atoms with Crippen LogP contribution in [0, 0.1) is 11.3 Å². The van der Waals surface area contributed by atoms with Crippen LogP contribution >= 0.6 is 0 Å². The van der Waals surface area contributed by atoms with Crippen LogP contribution in [-0.4, -0.2) is 46.9 Å². The van der Waals surface area contributed by atoms with Gasteiger partial charge in [-0.15, -0.1) is 5.10 Å². The van der Waals surface area contributed by atoms with Gasteiger partial charge in [0.05, 0.1) is 16.5 Å². The molecule has 0 unspecified atom stereocenters. The van der Waals surface area contributed by atoms with E-state index < -0.39 is 34.1 Å². The quantitative estimate of drug-likeness (QED) is 0.496. The molecule has 35 heavy (non-hydrogen) atoms. The van der Waals surface area contributed by atoms with Crippen molar-refractivity contribution >= 4 is 15.7 Å². The fourth-order valence-corrected chi connectivity index (χ4v) is 3.99. The number of carbonyl (C=O) groups is 1. The Morgan fingerprint density at radius 1 is 1.29 bits per heavy atom. The standard InChI is InChI=1S/C22H20F2N6O4S/c1-12(27-21(31)15-7-16(34-22(23)24)9-17(8-15)35(2,32)33)20-28-19(14-4-5-14)29-30(20)18-6-3-13(10-25)11-26-18/h3,6-9,11-12,14,22H,4-5H2,1-2H3,(H,27,31)/t12-/m0/s1. The molecule has 0 aliphatic heterocycles. The van der Waals surface area contributed by atoms with E-state index in [0.29, 0.717) is 23.0 Å². The van der Waals surface area contributed by atoms with Crippen LogP contribution in [-0.2, 0) is 9.84 Å². The molecular formula is C22H20F2N6O4S. The minimum atomic E-state index is -3.81. The van der Waals surface area contributed by atoms with E-state index in [-0.39, 0.29) is 16.4 Å². The summed E-state index contributed by atoms with van der Waals surface area (Å²) in [6, 6.07) is 7.49. The number of hydrogen-bond donors (Lipinski definition) is 1. The van der Waals surface area contributed by atoms with Gasteiger partial charge in [0.2, 0.25) is 0 Å². The zero-order valence-electron chi connectivity index (χ0n) is 18.6. The molecule has 1 N–H and O–H groups in total. The van der Waals surface area contributed by atoms with Crippen LogP contribution in [0.25, 0.3) is 5.82 Å². The molecule has 1 amide bonds. The van der Waals surface area contributed by atoms with Crippen molar-refractivity contribution in [3.05, 3.63) is 59.3 Å². The van der Waals surface area contributed by atoms with Gasteiger partial charge in [0, 0.05) is 23.9 Å². The fraction of sp³-hybridized carbons (Fsp3) is 0.318. The molecule has 2 heterocycles. The Morgan fingerprint density at radius 2 is 2.03 bits per heavy atom. The summed E-state index contributed by atoms with van der Waals surface area (Å²) in [7, 11) is -3.81. The van der Waals surface area contributed by atoms with Crippen molar-refractivity contribution in [3.8, 4) is 17.6 Å². The first kappa shape index (κ1) is 24.2. The number of amides is 1. The zero-order valence-corrected chi connectivity index (χ0v) is 19.5. The third-order valence-corrected chi connectivity index (χ3v) is 6.31. The minimum absolute atomic E-state index is 0.180. The molecular weight excluding hydrogens is 482 g/mol. The van der Waals surface area contributed by atoms with Gasteiger partial charge in [-0.1, -0.05) is 0 Å². The van der Waals surface area contributed by atoms with Gasteiger partial charge < -0.3 is 10.1 Å². The van der Waals surface area contributed by atoms with E-state index in [1.807, 2.05) is 6.07 Å². The molecule has 2 aromatic heterocycles. The van der Waals surface area contributed by atoms with Gasteiger partial charge >= 0.3 is 6.61 Å². The van der Waals surface area contributed by atoms with Crippen molar-refractivity contribution in [1.82, 2.24) is 25.1 Å². The number of aromatic nitrogens is 4. The summed E-state index contributed by atoms with van der Waals surface area (Å²) >= 11 is 0. The highest BCUT2D eigenvalue weighted by atomic mass is 32.2. The maximum Gasteiger partial charge on any atom is 0.387 e. The van der Waals surface area contributed by atoms with Crippen molar-refractivity contribution in [1.29, 1.82) is 5.26 Å². The van der Waals surface area contributed by atoms with Crippen LogP contribution in [0.15, 0.2) is 41.4 Å². The third kappa shape index (κ3) is 5.60. The smallest absolute Gasteiger partial charge is 0.387 e. The second-order valence-electron chi connectivity index (χ2n) is 8.07. The normalized spacial score (nSPS) is 14.4. The first-order valence-electron chi connectivity index (χ1n) is 10.5. The molecule has 0 radical (unpaired) electrons. The summed E-state index contributed by atoms with van der Waals surface area (Å²) in [5.41, 5.74) is 0.187. The molecule has 182 valence electrons. The molecule has 1 aliphatic rings. The number of nitrogens with zero attached hydrogens (tertiary/aromatic N) is 5. The molecule has 10 nitrogen and oxygen atoms in total. The van der Waals surface area contributed by atoms with Crippen molar-refractivity contribution in [3.63, 3.8) is 0 Å². The third-order valence-electron chi connectivity index (χ3n) is 5.22. The Morgan fingerprint density at radius 3 is 2.60 bits per heavy atom. The van der Waals surface area contributed by atoms with E-state index in [9.17, 15) is 22.0 Å². The van der Waals surface area contributed by atoms with Crippen LogP contribution < -0.4 is 10.1 Å². The highest BCUT2D eigenvalue weighted by molar-refractivity contribution is 7.90. The van der Waals surface area contributed by atoms with E-state index in [4.69, 9.17) is 5.26 Å². The summed E-state index contributed by atoms with van der Waals surface area (Å²) in [5, 5.41) is 16.2. The van der Waals surface area contributed by atoms with Crippen LogP contribution in [0.1, 0.15) is 59.3 Å². The van der Waals surface area contributed by atoms with Gasteiger partial charge in [-0.2, -0.15) is 18.7 Å². The summed E-state index contributed by atoms with van der Waals surface area (Å²) in [6.07, 6.45) is 4.17. The van der Waals surface area contributed by atoms with Crippen LogP contribution in [0.3, 0.4) is 0 Å². The van der Waals surface area contributed by atoms with E-state index in [1.165, 1.54) is 10.9 Å². The topological polar surface area (TPSA) is 140 Å². The average Bonchev–Trinajstić information content (AvgIpc) is 3.56. The molecule has 0 bridgehead atoms. The van der Waals surface area contributed by atoms with Crippen LogP contribution in [0.4, 0.5) is 8.78 Å². The highest BCUT2D eigenvalue weighted by Crippen LogP contribution is 2.38. The Hall–Kier alpha value is -3.92. The number of halogens is 2. The van der Waals surface area contributed by atoms with E-state index in [1.54, 1.807) is 19.1 Å². The Kier molecular flexibility index (Phi) is 6.49. The number of pyridine rings is 1. The number of sulfone groups is 1. The number of ether oxygens (including phenoxy) is 1. The highest BCUT2D eigenvalue weighted by Gasteiger charge is 2.31. The average molecular weight is 503 g/mol. The molecule has 1 saturated carbocycles. The number of nitriles is 1. The summed E-state index contributed by atoms with van der Waals surface area (Å²) in [6.45, 7) is -1.55.